The van der Waals surface area contributed by atoms with E-state index in [0.29, 0.717) is 6.54 Å². The zero-order chi connectivity index (χ0) is 17.1. The maximum absolute atomic E-state index is 12.4. The van der Waals surface area contributed by atoms with E-state index in [4.69, 9.17) is 4.42 Å². The Labute approximate surface area is 145 Å². The molecule has 4 heterocycles. The summed E-state index contributed by atoms with van der Waals surface area (Å²) in [6.07, 6.45) is 5.58. The number of furan rings is 1. The van der Waals surface area contributed by atoms with Crippen LogP contribution in [-0.4, -0.2) is 51.4 Å². The lowest BCUT2D eigenvalue weighted by Gasteiger charge is -2.34. The molecule has 3 aromatic heterocycles. The first-order chi connectivity index (χ1) is 12.3. The number of amides is 2. The van der Waals surface area contributed by atoms with E-state index in [0.717, 1.165) is 49.8 Å². The Bertz CT molecular complexity index is 801. The second-order valence-electron chi connectivity index (χ2n) is 6.20. The van der Waals surface area contributed by atoms with E-state index in [1.165, 1.54) is 0 Å². The zero-order valence-electron chi connectivity index (χ0n) is 14.0. The number of rotatable bonds is 4. The first-order valence-corrected chi connectivity index (χ1v) is 8.48. The number of pyridine rings is 1. The first kappa shape index (κ1) is 15.7. The molecular weight excluding hydrogens is 318 g/mol. The summed E-state index contributed by atoms with van der Waals surface area (Å²) in [7, 11) is 0. The van der Waals surface area contributed by atoms with Gasteiger partial charge in [-0.2, -0.15) is 0 Å². The Kier molecular flexibility index (Phi) is 4.39. The van der Waals surface area contributed by atoms with Crippen molar-refractivity contribution in [1.29, 1.82) is 0 Å². The van der Waals surface area contributed by atoms with Crippen molar-refractivity contribution in [3.63, 3.8) is 0 Å². The number of fused-ring (bicyclic) bond motifs is 1. The second-order valence-corrected chi connectivity index (χ2v) is 6.20. The van der Waals surface area contributed by atoms with Crippen LogP contribution in [0.3, 0.4) is 0 Å². The molecular formula is C18H21N5O2. The van der Waals surface area contributed by atoms with Gasteiger partial charge in [-0.15, -0.1) is 0 Å². The molecule has 0 saturated carbocycles. The van der Waals surface area contributed by atoms with Gasteiger partial charge in [-0.05, 0) is 24.3 Å². The van der Waals surface area contributed by atoms with Gasteiger partial charge in [-0.25, -0.2) is 9.78 Å². The number of aromatic nitrogens is 2. The Morgan fingerprint density at radius 3 is 2.80 bits per heavy atom. The van der Waals surface area contributed by atoms with Gasteiger partial charge in [-0.3, -0.25) is 4.90 Å². The number of hydrogen-bond donors (Lipinski definition) is 1. The fourth-order valence-corrected chi connectivity index (χ4v) is 3.08. The van der Waals surface area contributed by atoms with Gasteiger partial charge >= 0.3 is 6.03 Å². The van der Waals surface area contributed by atoms with E-state index in [9.17, 15) is 4.79 Å². The van der Waals surface area contributed by atoms with Crippen molar-refractivity contribution >= 4 is 11.7 Å². The van der Waals surface area contributed by atoms with Crippen LogP contribution >= 0.6 is 0 Å². The molecule has 0 radical (unpaired) electrons. The van der Waals surface area contributed by atoms with Gasteiger partial charge in [0.15, 0.2) is 0 Å². The van der Waals surface area contributed by atoms with Gasteiger partial charge in [0.1, 0.15) is 11.4 Å². The molecule has 1 fully saturated rings. The van der Waals surface area contributed by atoms with Crippen LogP contribution in [0.2, 0.25) is 0 Å². The minimum atomic E-state index is -0.0327. The maximum atomic E-state index is 12.4. The van der Waals surface area contributed by atoms with Crippen molar-refractivity contribution < 1.29 is 9.21 Å². The third-order valence-electron chi connectivity index (χ3n) is 4.45. The summed E-state index contributed by atoms with van der Waals surface area (Å²) in [5.74, 6) is 0.963. The van der Waals surface area contributed by atoms with Gasteiger partial charge in [0.2, 0.25) is 0 Å². The highest BCUT2D eigenvalue weighted by molar-refractivity contribution is 5.74. The molecule has 1 N–H and O–H groups in total. The van der Waals surface area contributed by atoms with E-state index in [2.05, 4.69) is 15.2 Å². The Balaban J connectivity index is 1.26. The van der Waals surface area contributed by atoms with E-state index in [1.807, 2.05) is 52.0 Å². The summed E-state index contributed by atoms with van der Waals surface area (Å²) in [6.45, 7) is 4.37. The molecule has 1 aliphatic rings. The number of imidazole rings is 1. The molecule has 7 nitrogen and oxygen atoms in total. The summed E-state index contributed by atoms with van der Waals surface area (Å²) in [6, 6.07) is 9.71. The number of nitrogens with zero attached hydrogens (tertiary/aromatic N) is 4. The molecule has 1 aliphatic heterocycles. The lowest BCUT2D eigenvalue weighted by atomic mass is 10.3. The lowest BCUT2D eigenvalue weighted by Crippen LogP contribution is -2.51. The van der Waals surface area contributed by atoms with Crippen LogP contribution in [0.25, 0.3) is 5.65 Å². The molecule has 0 spiro atoms. The topological polar surface area (TPSA) is 66.0 Å². The molecule has 0 aliphatic carbocycles. The standard InChI is InChI=1S/C18H21N5O2/c24-18(19-12-15-13-23-6-2-1-5-17(23)20-15)22-9-7-21(8-10-22)14-16-4-3-11-25-16/h1-6,11,13H,7-10,12,14H2,(H,19,24). The van der Waals surface area contributed by atoms with Gasteiger partial charge < -0.3 is 19.0 Å². The summed E-state index contributed by atoms with van der Waals surface area (Å²) < 4.78 is 7.33. The smallest absolute Gasteiger partial charge is 0.317 e. The highest BCUT2D eigenvalue weighted by Crippen LogP contribution is 2.09. The molecule has 4 rings (SSSR count). The largest absolute Gasteiger partial charge is 0.468 e. The monoisotopic (exact) mass is 339 g/mol. The normalized spacial score (nSPS) is 15.6. The van der Waals surface area contributed by atoms with Crippen molar-refractivity contribution in [2.75, 3.05) is 26.2 Å². The van der Waals surface area contributed by atoms with Crippen LogP contribution in [0.5, 0.6) is 0 Å². The van der Waals surface area contributed by atoms with E-state index in [-0.39, 0.29) is 6.03 Å². The summed E-state index contributed by atoms with van der Waals surface area (Å²) in [4.78, 5) is 21.0. The Hall–Kier alpha value is -2.80. The fraction of sp³-hybridized carbons (Fsp3) is 0.333. The number of hydrogen-bond acceptors (Lipinski definition) is 4. The van der Waals surface area contributed by atoms with Crippen LogP contribution in [0.1, 0.15) is 11.5 Å². The fourth-order valence-electron chi connectivity index (χ4n) is 3.08. The van der Waals surface area contributed by atoms with E-state index in [1.54, 1.807) is 6.26 Å². The summed E-state index contributed by atoms with van der Waals surface area (Å²) in [5, 5.41) is 2.96. The lowest BCUT2D eigenvalue weighted by molar-refractivity contribution is 0.130. The average molecular weight is 339 g/mol. The second kappa shape index (κ2) is 6.98. The highest BCUT2D eigenvalue weighted by atomic mass is 16.3. The van der Waals surface area contributed by atoms with Crippen LogP contribution < -0.4 is 5.32 Å². The van der Waals surface area contributed by atoms with Gasteiger partial charge in [0.25, 0.3) is 0 Å². The van der Waals surface area contributed by atoms with Gasteiger partial charge in [-0.1, -0.05) is 6.07 Å². The third-order valence-corrected chi connectivity index (χ3v) is 4.45. The number of carbonyl (C=O) groups is 1. The molecule has 0 bridgehead atoms. The predicted molar refractivity (Wildman–Crippen MR) is 93.0 cm³/mol. The van der Waals surface area contributed by atoms with Crippen LogP contribution in [-0.2, 0) is 13.1 Å². The number of carbonyl (C=O) groups excluding carboxylic acids is 1. The molecule has 1 saturated heterocycles. The van der Waals surface area contributed by atoms with Crippen molar-refractivity contribution in [2.24, 2.45) is 0 Å². The minimum absolute atomic E-state index is 0.0327. The van der Waals surface area contributed by atoms with E-state index >= 15 is 0 Å². The SMILES string of the molecule is O=C(NCc1cn2ccccc2n1)N1CCN(Cc2ccco2)CC1. The molecule has 0 atom stereocenters. The summed E-state index contributed by atoms with van der Waals surface area (Å²) in [5.41, 5.74) is 1.74. The molecule has 7 heteroatoms. The molecule has 0 unspecified atom stereocenters. The molecule has 3 aromatic rings. The minimum Gasteiger partial charge on any atom is -0.468 e. The molecule has 130 valence electrons. The summed E-state index contributed by atoms with van der Waals surface area (Å²) >= 11 is 0. The average Bonchev–Trinajstić information content (AvgIpc) is 3.29. The number of piperazine rings is 1. The predicted octanol–water partition coefficient (Wildman–Crippen LogP) is 1.95. The Morgan fingerprint density at radius 1 is 1.16 bits per heavy atom. The third kappa shape index (κ3) is 3.66. The van der Waals surface area contributed by atoms with Crippen molar-refractivity contribution in [2.45, 2.75) is 13.1 Å². The van der Waals surface area contributed by atoms with Gasteiger partial charge in [0, 0.05) is 38.6 Å². The molecule has 0 aromatic carbocycles. The maximum Gasteiger partial charge on any atom is 0.317 e. The Morgan fingerprint density at radius 2 is 2.04 bits per heavy atom. The van der Waals surface area contributed by atoms with Crippen molar-refractivity contribution in [1.82, 2.24) is 24.5 Å². The highest BCUT2D eigenvalue weighted by Gasteiger charge is 2.21. The van der Waals surface area contributed by atoms with Crippen molar-refractivity contribution in [3.05, 3.63) is 60.4 Å². The van der Waals surface area contributed by atoms with E-state index < -0.39 is 0 Å². The number of urea groups is 1. The van der Waals surface area contributed by atoms with Gasteiger partial charge in [0.05, 0.1) is 25.0 Å². The van der Waals surface area contributed by atoms with Crippen molar-refractivity contribution in [3.8, 4) is 0 Å². The van der Waals surface area contributed by atoms with Crippen LogP contribution in [0.15, 0.2) is 53.4 Å². The van der Waals surface area contributed by atoms with Crippen LogP contribution in [0, 0.1) is 0 Å². The number of nitrogens with one attached hydrogen (secondary N) is 1. The first-order valence-electron chi connectivity index (χ1n) is 8.48. The molecule has 25 heavy (non-hydrogen) atoms. The quantitative estimate of drug-likeness (QED) is 0.789. The zero-order valence-corrected chi connectivity index (χ0v) is 14.0. The molecule has 2 amide bonds. The van der Waals surface area contributed by atoms with Crippen LogP contribution in [0.4, 0.5) is 4.79 Å².